The van der Waals surface area contributed by atoms with E-state index in [1.165, 1.54) is 35.3 Å². The van der Waals surface area contributed by atoms with E-state index in [-0.39, 0.29) is 0 Å². The average Bonchev–Trinajstić information content (AvgIpc) is 2.41. The highest BCUT2D eigenvalue weighted by molar-refractivity contribution is 8.00. The predicted molar refractivity (Wildman–Crippen MR) is 90.6 cm³/mol. The standard InChI is InChI=1S/C18H29NS/c1-12(2)15-7-8-16(19-5)18(11-15)20-17-9-6-13(3)10-14(17)4/h6,9-10,12,15-16,18-19H,7-8,11H2,1-5H3. The van der Waals surface area contributed by atoms with Crippen LogP contribution < -0.4 is 5.32 Å². The van der Waals surface area contributed by atoms with Gasteiger partial charge in [0, 0.05) is 16.2 Å². The highest BCUT2D eigenvalue weighted by Gasteiger charge is 2.31. The SMILES string of the molecule is CNC1CCC(C(C)C)CC1Sc1ccc(C)cc1C. The van der Waals surface area contributed by atoms with Crippen LogP contribution >= 0.6 is 11.8 Å². The molecule has 3 unspecified atom stereocenters. The van der Waals surface area contributed by atoms with Crippen molar-refractivity contribution < 1.29 is 0 Å². The molecule has 3 atom stereocenters. The molecule has 1 N–H and O–H groups in total. The first-order valence-electron chi connectivity index (χ1n) is 7.92. The van der Waals surface area contributed by atoms with Gasteiger partial charge in [0.15, 0.2) is 0 Å². The van der Waals surface area contributed by atoms with E-state index in [2.05, 4.69) is 70.0 Å². The Bertz CT molecular complexity index is 441. The predicted octanol–water partition coefficient (Wildman–Crippen LogP) is 4.81. The summed E-state index contributed by atoms with van der Waals surface area (Å²) < 4.78 is 0. The van der Waals surface area contributed by atoms with E-state index < -0.39 is 0 Å². The van der Waals surface area contributed by atoms with Crippen LogP contribution in [0, 0.1) is 25.7 Å². The summed E-state index contributed by atoms with van der Waals surface area (Å²) in [4.78, 5) is 1.46. The second kappa shape index (κ2) is 7.00. The topological polar surface area (TPSA) is 12.0 Å². The van der Waals surface area contributed by atoms with Crippen LogP contribution in [0.4, 0.5) is 0 Å². The summed E-state index contributed by atoms with van der Waals surface area (Å²) in [5.41, 5.74) is 2.79. The smallest absolute Gasteiger partial charge is 0.0251 e. The Hall–Kier alpha value is -0.470. The first kappa shape index (κ1) is 15.9. The second-order valence-electron chi connectivity index (χ2n) is 6.64. The zero-order valence-electron chi connectivity index (χ0n) is 13.6. The van der Waals surface area contributed by atoms with Gasteiger partial charge < -0.3 is 5.32 Å². The van der Waals surface area contributed by atoms with E-state index in [9.17, 15) is 0 Å². The Morgan fingerprint density at radius 2 is 1.95 bits per heavy atom. The molecule has 1 aliphatic carbocycles. The fraction of sp³-hybridized carbons (Fsp3) is 0.667. The van der Waals surface area contributed by atoms with Gasteiger partial charge in [0.1, 0.15) is 0 Å². The lowest BCUT2D eigenvalue weighted by molar-refractivity contribution is 0.251. The summed E-state index contributed by atoms with van der Waals surface area (Å²) in [6.07, 6.45) is 4.05. The van der Waals surface area contributed by atoms with E-state index in [4.69, 9.17) is 0 Å². The maximum Gasteiger partial charge on any atom is 0.0251 e. The minimum atomic E-state index is 0.663. The van der Waals surface area contributed by atoms with Gasteiger partial charge in [-0.15, -0.1) is 11.8 Å². The Morgan fingerprint density at radius 1 is 1.20 bits per heavy atom. The van der Waals surface area contributed by atoms with Gasteiger partial charge in [-0.1, -0.05) is 31.5 Å². The quantitative estimate of drug-likeness (QED) is 0.854. The molecule has 2 rings (SSSR count). The second-order valence-corrected chi connectivity index (χ2v) is 7.92. The molecule has 20 heavy (non-hydrogen) atoms. The molecule has 0 aromatic heterocycles. The zero-order chi connectivity index (χ0) is 14.7. The Labute approximate surface area is 128 Å². The van der Waals surface area contributed by atoms with Crippen molar-refractivity contribution in [3.63, 3.8) is 0 Å². The molecule has 0 heterocycles. The van der Waals surface area contributed by atoms with Gasteiger partial charge in [-0.3, -0.25) is 0 Å². The largest absolute Gasteiger partial charge is 0.316 e. The third kappa shape index (κ3) is 3.79. The van der Waals surface area contributed by atoms with Crippen molar-refractivity contribution in [3.05, 3.63) is 29.3 Å². The van der Waals surface area contributed by atoms with E-state index in [0.29, 0.717) is 11.3 Å². The fourth-order valence-corrected chi connectivity index (χ4v) is 4.82. The normalized spacial score (nSPS) is 27.0. The van der Waals surface area contributed by atoms with Crippen LogP contribution in [0.1, 0.15) is 44.2 Å². The first-order valence-corrected chi connectivity index (χ1v) is 8.80. The van der Waals surface area contributed by atoms with Gasteiger partial charge in [-0.25, -0.2) is 0 Å². The molecule has 112 valence electrons. The Balaban J connectivity index is 2.11. The molecule has 0 bridgehead atoms. The van der Waals surface area contributed by atoms with E-state index in [0.717, 1.165) is 11.8 Å². The van der Waals surface area contributed by atoms with Gasteiger partial charge in [-0.05, 0) is 63.6 Å². The molecule has 0 radical (unpaired) electrons. The third-order valence-electron chi connectivity index (χ3n) is 4.75. The summed E-state index contributed by atoms with van der Waals surface area (Å²) in [5.74, 6) is 1.71. The maximum absolute atomic E-state index is 3.54. The number of hydrogen-bond donors (Lipinski definition) is 1. The van der Waals surface area contributed by atoms with Gasteiger partial charge in [0.2, 0.25) is 0 Å². The molecule has 1 aromatic carbocycles. The van der Waals surface area contributed by atoms with Crippen molar-refractivity contribution in [2.45, 2.75) is 63.1 Å². The molecule has 0 spiro atoms. The van der Waals surface area contributed by atoms with E-state index >= 15 is 0 Å². The van der Waals surface area contributed by atoms with Crippen molar-refractivity contribution in [2.75, 3.05) is 7.05 Å². The molecule has 1 aromatic rings. The summed E-state index contributed by atoms with van der Waals surface area (Å²) in [7, 11) is 2.12. The highest BCUT2D eigenvalue weighted by atomic mass is 32.2. The maximum atomic E-state index is 3.54. The number of aryl methyl sites for hydroxylation is 2. The molecule has 1 fully saturated rings. The lowest BCUT2D eigenvalue weighted by Gasteiger charge is -2.37. The molecule has 1 saturated carbocycles. The highest BCUT2D eigenvalue weighted by Crippen LogP contribution is 2.40. The minimum absolute atomic E-state index is 0.663. The molecule has 0 amide bonds. The number of nitrogens with one attached hydrogen (secondary N) is 1. The van der Waals surface area contributed by atoms with Crippen molar-refractivity contribution in [1.29, 1.82) is 0 Å². The van der Waals surface area contributed by atoms with Crippen molar-refractivity contribution in [3.8, 4) is 0 Å². The molecular formula is C18H29NS. The molecular weight excluding hydrogens is 262 g/mol. The van der Waals surface area contributed by atoms with Crippen molar-refractivity contribution >= 4 is 11.8 Å². The van der Waals surface area contributed by atoms with Crippen LogP contribution in [-0.4, -0.2) is 18.3 Å². The van der Waals surface area contributed by atoms with Gasteiger partial charge in [-0.2, -0.15) is 0 Å². The molecule has 0 aliphatic heterocycles. The third-order valence-corrected chi connectivity index (χ3v) is 6.29. The number of benzene rings is 1. The summed E-state index contributed by atoms with van der Waals surface area (Å²) >= 11 is 2.09. The first-order chi connectivity index (χ1) is 9.51. The molecule has 1 aliphatic rings. The summed E-state index contributed by atoms with van der Waals surface area (Å²) in [6, 6.07) is 7.52. The molecule has 1 nitrogen and oxygen atoms in total. The summed E-state index contributed by atoms with van der Waals surface area (Å²) in [5, 5.41) is 4.25. The number of hydrogen-bond acceptors (Lipinski definition) is 2. The lowest BCUT2D eigenvalue weighted by Crippen LogP contribution is -2.41. The monoisotopic (exact) mass is 291 g/mol. The van der Waals surface area contributed by atoms with E-state index in [1.54, 1.807) is 0 Å². The van der Waals surface area contributed by atoms with Crippen LogP contribution in [-0.2, 0) is 0 Å². The van der Waals surface area contributed by atoms with Gasteiger partial charge in [0.25, 0.3) is 0 Å². The van der Waals surface area contributed by atoms with Gasteiger partial charge in [0.05, 0.1) is 0 Å². The van der Waals surface area contributed by atoms with Crippen molar-refractivity contribution in [1.82, 2.24) is 5.32 Å². The number of thioether (sulfide) groups is 1. The van der Waals surface area contributed by atoms with Gasteiger partial charge >= 0.3 is 0 Å². The zero-order valence-corrected chi connectivity index (χ0v) is 14.4. The summed E-state index contributed by atoms with van der Waals surface area (Å²) in [6.45, 7) is 9.17. The van der Waals surface area contributed by atoms with Crippen molar-refractivity contribution in [2.24, 2.45) is 11.8 Å². The van der Waals surface area contributed by atoms with Crippen LogP contribution in [0.3, 0.4) is 0 Å². The Kier molecular flexibility index (Phi) is 5.57. The number of rotatable bonds is 4. The van der Waals surface area contributed by atoms with Crippen LogP contribution in [0.2, 0.25) is 0 Å². The average molecular weight is 292 g/mol. The minimum Gasteiger partial charge on any atom is -0.316 e. The lowest BCUT2D eigenvalue weighted by atomic mass is 9.79. The Morgan fingerprint density at radius 3 is 2.55 bits per heavy atom. The molecule has 2 heteroatoms. The van der Waals surface area contributed by atoms with E-state index in [1.807, 2.05) is 0 Å². The fourth-order valence-electron chi connectivity index (χ4n) is 3.32. The van der Waals surface area contributed by atoms with Crippen LogP contribution in [0.15, 0.2) is 23.1 Å². The van der Waals surface area contributed by atoms with Crippen LogP contribution in [0.25, 0.3) is 0 Å². The molecule has 0 saturated heterocycles. The van der Waals surface area contributed by atoms with Crippen LogP contribution in [0.5, 0.6) is 0 Å².